The maximum Gasteiger partial charge on any atom is 0.293 e. The number of fused-ring (bicyclic) bond motifs is 3. The highest BCUT2D eigenvalue weighted by atomic mass is 16.5. The highest BCUT2D eigenvalue weighted by molar-refractivity contribution is 6.01. The second-order valence-electron chi connectivity index (χ2n) is 5.75. The van der Waals surface area contributed by atoms with Crippen molar-refractivity contribution in [2.45, 2.75) is 26.4 Å². The first-order valence-corrected chi connectivity index (χ1v) is 7.63. The molecule has 0 saturated heterocycles. The maximum absolute atomic E-state index is 10.3. The van der Waals surface area contributed by atoms with Crippen LogP contribution in [0, 0.1) is 0 Å². The first-order chi connectivity index (χ1) is 11.7. The minimum atomic E-state index is 0.248. The summed E-state index contributed by atoms with van der Waals surface area (Å²) in [7, 11) is 0. The summed E-state index contributed by atoms with van der Waals surface area (Å²) in [4.78, 5) is 14.6. The Balaban J connectivity index is 1.62. The molecule has 0 radical (unpaired) electrons. The van der Waals surface area contributed by atoms with E-state index in [1.165, 1.54) is 0 Å². The fourth-order valence-corrected chi connectivity index (χ4v) is 2.94. The van der Waals surface area contributed by atoms with Gasteiger partial charge in [0.05, 0.1) is 6.54 Å². The van der Waals surface area contributed by atoms with E-state index in [0.717, 1.165) is 27.8 Å². The van der Waals surface area contributed by atoms with E-state index in [1.807, 2.05) is 30.3 Å². The highest BCUT2D eigenvalue weighted by Gasteiger charge is 2.20. The SMILES string of the molecule is NC1=NCc2cc3c(cc21)OCc1ccc(COC=O)cc1CO3. The lowest BCUT2D eigenvalue weighted by molar-refractivity contribution is -0.129. The van der Waals surface area contributed by atoms with E-state index in [0.29, 0.717) is 43.6 Å². The lowest BCUT2D eigenvalue weighted by Crippen LogP contribution is -2.13. The molecule has 6 nitrogen and oxygen atoms in total. The molecule has 0 bridgehead atoms. The molecule has 2 aliphatic heterocycles. The number of hydrogen-bond acceptors (Lipinski definition) is 6. The molecule has 2 N–H and O–H groups in total. The Labute approximate surface area is 138 Å². The summed E-state index contributed by atoms with van der Waals surface area (Å²) < 4.78 is 16.7. The first-order valence-electron chi connectivity index (χ1n) is 7.63. The third-order valence-corrected chi connectivity index (χ3v) is 4.22. The van der Waals surface area contributed by atoms with E-state index >= 15 is 0 Å². The molecule has 0 atom stereocenters. The Morgan fingerprint density at radius 3 is 2.71 bits per heavy atom. The van der Waals surface area contributed by atoms with Gasteiger partial charge in [0.1, 0.15) is 25.7 Å². The molecule has 122 valence electrons. The van der Waals surface area contributed by atoms with Gasteiger partial charge in [-0.1, -0.05) is 12.1 Å². The third-order valence-electron chi connectivity index (χ3n) is 4.22. The molecular formula is C18H16N2O4. The molecule has 24 heavy (non-hydrogen) atoms. The second kappa shape index (κ2) is 5.88. The zero-order valence-electron chi connectivity index (χ0n) is 13.0. The summed E-state index contributed by atoms with van der Waals surface area (Å²) in [5.41, 5.74) is 10.8. The summed E-state index contributed by atoms with van der Waals surface area (Å²) in [6, 6.07) is 9.70. The van der Waals surface area contributed by atoms with Gasteiger partial charge in [-0.25, -0.2) is 0 Å². The molecule has 0 spiro atoms. The zero-order valence-corrected chi connectivity index (χ0v) is 13.0. The fraction of sp³-hybridized carbons (Fsp3) is 0.222. The van der Waals surface area contributed by atoms with E-state index in [9.17, 15) is 4.79 Å². The molecule has 6 heteroatoms. The normalized spacial score (nSPS) is 14.8. The summed E-state index contributed by atoms with van der Waals surface area (Å²) in [5, 5.41) is 0. The number of ether oxygens (including phenoxy) is 3. The van der Waals surface area contributed by atoms with Gasteiger partial charge in [0.15, 0.2) is 11.5 Å². The molecule has 0 saturated carbocycles. The molecular weight excluding hydrogens is 308 g/mol. The number of rotatable bonds is 3. The van der Waals surface area contributed by atoms with E-state index in [2.05, 4.69) is 4.99 Å². The monoisotopic (exact) mass is 324 g/mol. The Morgan fingerprint density at radius 1 is 1.08 bits per heavy atom. The molecule has 0 fully saturated rings. The van der Waals surface area contributed by atoms with E-state index < -0.39 is 0 Å². The quantitative estimate of drug-likeness (QED) is 0.874. The van der Waals surface area contributed by atoms with Gasteiger partial charge in [-0.05, 0) is 40.5 Å². The van der Waals surface area contributed by atoms with Crippen LogP contribution in [0.25, 0.3) is 0 Å². The number of nitrogens with two attached hydrogens (primary N) is 1. The molecule has 2 aromatic carbocycles. The fourth-order valence-electron chi connectivity index (χ4n) is 2.94. The second-order valence-corrected chi connectivity index (χ2v) is 5.75. The van der Waals surface area contributed by atoms with Crippen molar-refractivity contribution in [3.8, 4) is 11.5 Å². The Bertz CT molecular complexity index is 845. The number of nitrogens with zero attached hydrogens (tertiary/aromatic N) is 1. The maximum atomic E-state index is 10.3. The summed E-state index contributed by atoms with van der Waals surface area (Å²) in [6.45, 7) is 2.13. The summed E-state index contributed by atoms with van der Waals surface area (Å²) >= 11 is 0. The van der Waals surface area contributed by atoms with Crippen molar-refractivity contribution in [2.24, 2.45) is 10.7 Å². The topological polar surface area (TPSA) is 83.1 Å². The van der Waals surface area contributed by atoms with Gasteiger partial charge in [-0.2, -0.15) is 0 Å². The van der Waals surface area contributed by atoms with Crippen molar-refractivity contribution in [3.63, 3.8) is 0 Å². The number of amidine groups is 1. The van der Waals surface area contributed by atoms with Gasteiger partial charge < -0.3 is 19.9 Å². The van der Waals surface area contributed by atoms with Crippen LogP contribution in [0.2, 0.25) is 0 Å². The standard InChI is InChI=1S/C18H16N2O4/c19-18-15-5-17-16(4-13(15)6-20-18)24-9-14-3-11(7-22-10-21)1-2-12(14)8-23-17/h1-5,10H,6-9H2,(H2,19,20). The van der Waals surface area contributed by atoms with Gasteiger partial charge in [0.25, 0.3) is 6.47 Å². The molecule has 2 heterocycles. The van der Waals surface area contributed by atoms with E-state index in [-0.39, 0.29) is 6.61 Å². The predicted molar refractivity (Wildman–Crippen MR) is 86.8 cm³/mol. The van der Waals surface area contributed by atoms with Gasteiger partial charge in [0.2, 0.25) is 0 Å². The van der Waals surface area contributed by atoms with Crippen LogP contribution in [-0.2, 0) is 35.9 Å². The van der Waals surface area contributed by atoms with E-state index in [4.69, 9.17) is 19.9 Å². The van der Waals surface area contributed by atoms with Gasteiger partial charge in [-0.15, -0.1) is 0 Å². The zero-order chi connectivity index (χ0) is 16.5. The van der Waals surface area contributed by atoms with Crippen molar-refractivity contribution in [3.05, 3.63) is 58.1 Å². The van der Waals surface area contributed by atoms with Crippen LogP contribution in [-0.4, -0.2) is 12.3 Å². The average Bonchev–Trinajstić information content (AvgIpc) is 2.94. The predicted octanol–water partition coefficient (Wildman–Crippen LogP) is 2.05. The first kappa shape index (κ1) is 14.6. The molecule has 2 aromatic rings. The summed E-state index contributed by atoms with van der Waals surface area (Å²) in [5.74, 6) is 1.91. The van der Waals surface area contributed by atoms with Crippen molar-refractivity contribution in [1.29, 1.82) is 0 Å². The Hall–Kier alpha value is -3.02. The third kappa shape index (κ3) is 2.56. The van der Waals surface area contributed by atoms with Gasteiger partial charge in [-0.3, -0.25) is 9.79 Å². The molecule has 0 unspecified atom stereocenters. The summed E-state index contributed by atoms with van der Waals surface area (Å²) in [6.07, 6.45) is 0. The largest absolute Gasteiger partial charge is 0.485 e. The minimum Gasteiger partial charge on any atom is -0.485 e. The number of carbonyl (C=O) groups is 1. The van der Waals surface area contributed by atoms with Crippen molar-refractivity contribution >= 4 is 12.3 Å². The average molecular weight is 324 g/mol. The van der Waals surface area contributed by atoms with Crippen LogP contribution in [0.1, 0.15) is 27.8 Å². The number of carbonyl (C=O) groups excluding carboxylic acids is 1. The number of hydrogen-bond donors (Lipinski definition) is 1. The minimum absolute atomic E-state index is 0.248. The van der Waals surface area contributed by atoms with Crippen LogP contribution in [0.15, 0.2) is 35.3 Å². The van der Waals surface area contributed by atoms with Crippen LogP contribution >= 0.6 is 0 Å². The van der Waals surface area contributed by atoms with Crippen LogP contribution in [0.5, 0.6) is 11.5 Å². The van der Waals surface area contributed by atoms with Crippen molar-refractivity contribution < 1.29 is 19.0 Å². The van der Waals surface area contributed by atoms with Gasteiger partial charge in [0, 0.05) is 5.56 Å². The lowest BCUT2D eigenvalue weighted by Gasteiger charge is -2.20. The molecule has 0 amide bonds. The number of aliphatic imine (C=N–C) groups is 1. The molecule has 2 aliphatic rings. The molecule has 0 aliphatic carbocycles. The molecule has 4 rings (SSSR count). The Morgan fingerprint density at radius 2 is 1.88 bits per heavy atom. The van der Waals surface area contributed by atoms with Crippen molar-refractivity contribution in [2.75, 3.05) is 0 Å². The Kier molecular flexibility index (Phi) is 3.57. The van der Waals surface area contributed by atoms with Crippen molar-refractivity contribution in [1.82, 2.24) is 0 Å². The molecule has 0 aromatic heterocycles. The van der Waals surface area contributed by atoms with E-state index in [1.54, 1.807) is 0 Å². The smallest absolute Gasteiger partial charge is 0.293 e. The lowest BCUT2D eigenvalue weighted by atomic mass is 10.0. The number of benzene rings is 2. The van der Waals surface area contributed by atoms with Gasteiger partial charge >= 0.3 is 0 Å². The highest BCUT2D eigenvalue weighted by Crippen LogP contribution is 2.36. The van der Waals surface area contributed by atoms with Crippen LogP contribution in [0.4, 0.5) is 0 Å². The van der Waals surface area contributed by atoms with Crippen LogP contribution < -0.4 is 15.2 Å². The van der Waals surface area contributed by atoms with Crippen LogP contribution in [0.3, 0.4) is 0 Å².